The zero-order valence-corrected chi connectivity index (χ0v) is 21.2. The molecule has 0 saturated carbocycles. The summed E-state index contributed by atoms with van der Waals surface area (Å²) in [5.41, 5.74) is 0.299. The zero-order valence-electron chi connectivity index (χ0n) is 19.6. The van der Waals surface area contributed by atoms with Gasteiger partial charge in [-0.2, -0.15) is 17.5 Å². The van der Waals surface area contributed by atoms with Crippen LogP contribution in [0.2, 0.25) is 0 Å². The molecule has 9 nitrogen and oxygen atoms in total. The van der Waals surface area contributed by atoms with Crippen molar-refractivity contribution >= 4 is 31.8 Å². The molecule has 1 saturated heterocycles. The highest BCUT2D eigenvalue weighted by Crippen LogP contribution is 2.31. The molecule has 3 heterocycles. The number of fused-ring (bicyclic) bond motifs is 1. The molecule has 2 N–H and O–H groups in total. The number of carbonyl (C=O) groups is 1. The number of halogens is 3. The Morgan fingerprint density at radius 1 is 0.974 bits per heavy atom. The van der Waals surface area contributed by atoms with Crippen molar-refractivity contribution < 1.29 is 34.8 Å². The monoisotopic (exact) mass is 566 g/mol. The number of sulfonamides is 2. The number of aromatic nitrogens is 1. The summed E-state index contributed by atoms with van der Waals surface area (Å²) in [4.78, 5) is 15.5. The molecule has 1 amide bonds. The van der Waals surface area contributed by atoms with E-state index in [2.05, 4.69) is 10.3 Å². The second kappa shape index (κ2) is 9.36. The molecule has 0 bridgehead atoms. The van der Waals surface area contributed by atoms with E-state index >= 15 is 0 Å². The van der Waals surface area contributed by atoms with Gasteiger partial charge >= 0.3 is 6.18 Å². The van der Waals surface area contributed by atoms with E-state index in [0.717, 1.165) is 12.3 Å². The van der Waals surface area contributed by atoms with Gasteiger partial charge in [-0.25, -0.2) is 26.5 Å². The number of hydrogen-bond acceptors (Lipinski definition) is 7. The van der Waals surface area contributed by atoms with Gasteiger partial charge in [0.2, 0.25) is 10.0 Å². The fourth-order valence-corrected chi connectivity index (χ4v) is 7.07. The first kappa shape index (κ1) is 26.1. The second-order valence-corrected chi connectivity index (χ2v) is 12.5. The average molecular weight is 567 g/mol. The first-order valence-electron chi connectivity index (χ1n) is 11.5. The largest absolute Gasteiger partial charge is 0.417 e. The number of anilines is 1. The Morgan fingerprint density at radius 2 is 1.63 bits per heavy atom. The molecule has 0 aliphatic carbocycles. The predicted molar refractivity (Wildman–Crippen MR) is 131 cm³/mol. The van der Waals surface area contributed by atoms with Crippen molar-refractivity contribution in [1.29, 1.82) is 0 Å². The van der Waals surface area contributed by atoms with Gasteiger partial charge in [0.1, 0.15) is 10.7 Å². The van der Waals surface area contributed by atoms with Crippen LogP contribution >= 0.6 is 0 Å². The van der Waals surface area contributed by atoms with Gasteiger partial charge in [-0.1, -0.05) is 18.2 Å². The molecule has 1 fully saturated rings. The number of nitrogens with one attached hydrogen (secondary N) is 2. The van der Waals surface area contributed by atoms with Crippen molar-refractivity contribution in [3.63, 3.8) is 0 Å². The fourth-order valence-electron chi connectivity index (χ4n) is 4.41. The SMILES string of the molecule is O=C1NS(=O)(=O)c2cc(-c3ccc(S(=O)(=O)N4CCC(Nc5ccc(C(F)(F)F)cn5)CC4)cc3)ccc21. The normalized spacial score (nSPS) is 18.1. The molecule has 1 aromatic heterocycles. The minimum Gasteiger partial charge on any atom is -0.367 e. The lowest BCUT2D eigenvalue weighted by Crippen LogP contribution is -2.42. The zero-order chi connectivity index (χ0) is 27.3. The quantitative estimate of drug-likeness (QED) is 0.485. The van der Waals surface area contributed by atoms with Gasteiger partial charge in [-0.3, -0.25) is 4.79 Å². The first-order valence-corrected chi connectivity index (χ1v) is 14.4. The summed E-state index contributed by atoms with van der Waals surface area (Å²) in [7, 11) is -7.72. The molecule has 2 aromatic carbocycles. The van der Waals surface area contributed by atoms with Gasteiger partial charge < -0.3 is 5.32 Å². The van der Waals surface area contributed by atoms with E-state index < -0.39 is 37.7 Å². The number of carbonyl (C=O) groups excluding carboxylic acids is 1. The molecule has 5 rings (SSSR count). The molecular weight excluding hydrogens is 545 g/mol. The van der Waals surface area contributed by atoms with Gasteiger partial charge in [-0.15, -0.1) is 0 Å². The highest BCUT2D eigenvalue weighted by Gasteiger charge is 2.33. The van der Waals surface area contributed by atoms with Crippen LogP contribution in [0.5, 0.6) is 0 Å². The van der Waals surface area contributed by atoms with Gasteiger partial charge in [0.25, 0.3) is 15.9 Å². The van der Waals surface area contributed by atoms with E-state index in [1.807, 2.05) is 4.72 Å². The van der Waals surface area contributed by atoms with Crippen LogP contribution in [0, 0.1) is 0 Å². The molecule has 14 heteroatoms. The van der Waals surface area contributed by atoms with E-state index in [9.17, 15) is 34.8 Å². The molecule has 38 heavy (non-hydrogen) atoms. The molecule has 0 spiro atoms. The number of amides is 1. The number of pyridine rings is 1. The third-order valence-electron chi connectivity index (χ3n) is 6.46. The lowest BCUT2D eigenvalue weighted by molar-refractivity contribution is -0.137. The molecule has 2 aliphatic rings. The van der Waals surface area contributed by atoms with Crippen molar-refractivity contribution in [2.45, 2.75) is 34.9 Å². The lowest BCUT2D eigenvalue weighted by Gasteiger charge is -2.32. The van der Waals surface area contributed by atoms with E-state index in [-0.39, 0.29) is 40.3 Å². The molecular formula is C24H21F3N4O5S2. The van der Waals surface area contributed by atoms with Crippen molar-refractivity contribution in [1.82, 2.24) is 14.0 Å². The first-order chi connectivity index (χ1) is 17.8. The highest BCUT2D eigenvalue weighted by atomic mass is 32.2. The third-order valence-corrected chi connectivity index (χ3v) is 9.75. The molecule has 0 unspecified atom stereocenters. The maximum absolute atomic E-state index is 13.2. The van der Waals surface area contributed by atoms with Crippen LogP contribution < -0.4 is 10.0 Å². The van der Waals surface area contributed by atoms with Crippen LogP contribution in [0.25, 0.3) is 11.1 Å². The maximum Gasteiger partial charge on any atom is 0.417 e. The average Bonchev–Trinajstić information content (AvgIpc) is 3.11. The number of rotatable bonds is 5. The van der Waals surface area contributed by atoms with Crippen LogP contribution in [-0.2, 0) is 26.2 Å². The Balaban J connectivity index is 1.24. The van der Waals surface area contributed by atoms with Crippen molar-refractivity contribution in [3.8, 4) is 11.1 Å². The number of piperidine rings is 1. The Hall–Kier alpha value is -3.49. The Labute approximate surface area is 216 Å². The van der Waals surface area contributed by atoms with E-state index in [4.69, 9.17) is 0 Å². The highest BCUT2D eigenvalue weighted by molar-refractivity contribution is 7.90. The van der Waals surface area contributed by atoms with Gasteiger partial charge in [-0.05, 0) is 60.4 Å². The number of nitrogens with zero attached hydrogens (tertiary/aromatic N) is 2. The van der Waals surface area contributed by atoms with Gasteiger partial charge in [0, 0.05) is 25.3 Å². The molecule has 0 atom stereocenters. The van der Waals surface area contributed by atoms with Crippen LogP contribution in [0.4, 0.5) is 19.0 Å². The van der Waals surface area contributed by atoms with Gasteiger partial charge in [0.05, 0.1) is 16.0 Å². The summed E-state index contributed by atoms with van der Waals surface area (Å²) in [5, 5.41) is 3.05. The van der Waals surface area contributed by atoms with Crippen LogP contribution in [0.1, 0.15) is 28.8 Å². The summed E-state index contributed by atoms with van der Waals surface area (Å²) >= 11 is 0. The Bertz CT molecular complexity index is 1600. The lowest BCUT2D eigenvalue weighted by atomic mass is 10.0. The molecule has 200 valence electrons. The summed E-state index contributed by atoms with van der Waals surface area (Å²) in [6.45, 7) is 0.429. The number of benzene rings is 2. The topological polar surface area (TPSA) is 126 Å². The van der Waals surface area contributed by atoms with E-state index in [1.165, 1.54) is 34.6 Å². The number of hydrogen-bond donors (Lipinski definition) is 2. The van der Waals surface area contributed by atoms with Crippen LogP contribution in [-0.4, -0.2) is 51.2 Å². The summed E-state index contributed by atoms with van der Waals surface area (Å²) in [6, 6.07) is 12.4. The van der Waals surface area contributed by atoms with Crippen molar-refractivity contribution in [2.75, 3.05) is 18.4 Å². The van der Waals surface area contributed by atoms with E-state index in [0.29, 0.717) is 24.0 Å². The van der Waals surface area contributed by atoms with Crippen LogP contribution in [0.15, 0.2) is 70.6 Å². The van der Waals surface area contributed by atoms with Crippen LogP contribution in [0.3, 0.4) is 0 Å². The minimum atomic E-state index is -4.47. The maximum atomic E-state index is 13.2. The third kappa shape index (κ3) is 4.98. The predicted octanol–water partition coefficient (Wildman–Crippen LogP) is 3.46. The Morgan fingerprint density at radius 3 is 2.24 bits per heavy atom. The minimum absolute atomic E-state index is 0.0555. The Kier molecular flexibility index (Phi) is 6.44. The standard InChI is InChI=1S/C24H21F3N4O5S2/c25-24(26,27)17-4-8-22(28-14-17)29-18-9-11-31(12-10-18)38(35,36)19-5-1-15(2-6-19)16-3-7-20-21(13-16)37(33,34)30-23(20)32/h1-8,13-14,18H,9-12H2,(H,28,29)(H,30,32). The van der Waals surface area contributed by atoms with Gasteiger partial charge in [0.15, 0.2) is 0 Å². The molecule has 3 aromatic rings. The summed E-state index contributed by atoms with van der Waals surface area (Å²) < 4.78 is 92.0. The summed E-state index contributed by atoms with van der Waals surface area (Å²) in [5.74, 6) is -0.406. The fraction of sp³-hybridized carbons (Fsp3) is 0.250. The molecule has 2 aliphatic heterocycles. The van der Waals surface area contributed by atoms with Crippen molar-refractivity contribution in [2.24, 2.45) is 0 Å². The number of alkyl halides is 3. The summed E-state index contributed by atoms with van der Waals surface area (Å²) in [6.07, 6.45) is -2.83. The molecule has 0 radical (unpaired) electrons. The smallest absolute Gasteiger partial charge is 0.367 e. The van der Waals surface area contributed by atoms with E-state index in [1.54, 1.807) is 18.2 Å². The van der Waals surface area contributed by atoms with Crippen molar-refractivity contribution in [3.05, 3.63) is 71.9 Å². The second-order valence-electron chi connectivity index (χ2n) is 8.92.